The number of fused-ring (bicyclic) bond motifs is 1. The number of hydrogen-bond donors (Lipinski definition) is 4. The SMILES string of the molecule is CNC(=O)[C@H]1O[C@@H](n2cnc3c(N)nc(C#CCN(C(=O)c4ccccc4)C(C)C)nc32)C(O)[C@@H]1O. The molecule has 12 nitrogen and oxygen atoms in total. The Morgan fingerprint density at radius 3 is 2.61 bits per heavy atom. The molecule has 36 heavy (non-hydrogen) atoms. The normalized spacial score (nSPS) is 21.3. The third kappa shape index (κ3) is 4.72. The highest BCUT2D eigenvalue weighted by atomic mass is 16.6. The van der Waals surface area contributed by atoms with Crippen LogP contribution in [0.15, 0.2) is 36.7 Å². The summed E-state index contributed by atoms with van der Waals surface area (Å²) >= 11 is 0. The van der Waals surface area contributed by atoms with Crippen molar-refractivity contribution in [3.05, 3.63) is 48.0 Å². The molecule has 0 aliphatic carbocycles. The van der Waals surface area contributed by atoms with Crippen molar-refractivity contribution < 1.29 is 24.5 Å². The van der Waals surface area contributed by atoms with E-state index in [9.17, 15) is 19.8 Å². The third-order valence-corrected chi connectivity index (χ3v) is 5.82. The van der Waals surface area contributed by atoms with Gasteiger partial charge in [-0.25, -0.2) is 15.0 Å². The first-order chi connectivity index (χ1) is 17.2. The third-order valence-electron chi connectivity index (χ3n) is 5.82. The summed E-state index contributed by atoms with van der Waals surface area (Å²) in [6.45, 7) is 3.93. The van der Waals surface area contributed by atoms with Gasteiger partial charge in [0.15, 0.2) is 23.8 Å². The van der Waals surface area contributed by atoms with Crippen LogP contribution in [0.3, 0.4) is 0 Å². The predicted molar refractivity (Wildman–Crippen MR) is 129 cm³/mol. The van der Waals surface area contributed by atoms with Gasteiger partial charge in [0.05, 0.1) is 12.9 Å². The Morgan fingerprint density at radius 1 is 1.22 bits per heavy atom. The summed E-state index contributed by atoms with van der Waals surface area (Å²) < 4.78 is 6.98. The molecule has 2 amide bonds. The van der Waals surface area contributed by atoms with E-state index in [1.165, 1.54) is 17.9 Å². The standard InChI is InChI=1S/C24H27N7O5/c1-13(2)30(23(35)14-8-5-4-6-9-14)11-7-10-15-28-20(25)16-21(29-15)31(12-27-16)24-18(33)17(32)19(36-24)22(34)26-3/h4-6,8-9,12-13,17-19,24,32-33H,11H2,1-3H3,(H,26,34)(H2,25,28,29)/t17-,18?,19-,24+/m0/s1. The zero-order valence-corrected chi connectivity index (χ0v) is 20.0. The van der Waals surface area contributed by atoms with Gasteiger partial charge in [-0.15, -0.1) is 0 Å². The lowest BCUT2D eigenvalue weighted by molar-refractivity contribution is -0.137. The molecular formula is C24H27N7O5. The molecule has 3 aromatic rings. The molecule has 1 aromatic carbocycles. The largest absolute Gasteiger partial charge is 0.387 e. The number of rotatable bonds is 5. The molecule has 2 aromatic heterocycles. The molecule has 0 radical (unpaired) electrons. The van der Waals surface area contributed by atoms with Crippen LogP contribution in [-0.4, -0.2) is 84.4 Å². The van der Waals surface area contributed by atoms with Crippen molar-refractivity contribution in [1.29, 1.82) is 0 Å². The van der Waals surface area contributed by atoms with E-state index in [4.69, 9.17) is 10.5 Å². The maximum Gasteiger partial charge on any atom is 0.254 e. The van der Waals surface area contributed by atoms with Crippen LogP contribution in [0.2, 0.25) is 0 Å². The number of likely N-dealkylation sites (N-methyl/N-ethyl adjacent to an activating group) is 1. The minimum Gasteiger partial charge on any atom is -0.387 e. The van der Waals surface area contributed by atoms with Gasteiger partial charge >= 0.3 is 0 Å². The maximum atomic E-state index is 12.9. The molecule has 5 N–H and O–H groups in total. The van der Waals surface area contributed by atoms with Crippen molar-refractivity contribution in [2.24, 2.45) is 0 Å². The lowest BCUT2D eigenvalue weighted by Gasteiger charge is -2.24. The van der Waals surface area contributed by atoms with E-state index in [1.54, 1.807) is 29.2 Å². The highest BCUT2D eigenvalue weighted by molar-refractivity contribution is 5.94. The average molecular weight is 494 g/mol. The number of nitrogens with two attached hydrogens (primary N) is 1. The minimum atomic E-state index is -1.45. The number of imidazole rings is 1. The van der Waals surface area contributed by atoms with Crippen molar-refractivity contribution >= 4 is 28.8 Å². The van der Waals surface area contributed by atoms with Crippen molar-refractivity contribution in [1.82, 2.24) is 29.7 Å². The van der Waals surface area contributed by atoms with Crippen LogP contribution in [0.5, 0.6) is 0 Å². The summed E-state index contributed by atoms with van der Waals surface area (Å²) in [7, 11) is 1.40. The minimum absolute atomic E-state index is 0.0556. The van der Waals surface area contributed by atoms with Crippen LogP contribution in [0.1, 0.15) is 36.3 Å². The lowest BCUT2D eigenvalue weighted by atomic mass is 10.1. The maximum absolute atomic E-state index is 12.9. The Labute approximate surface area is 207 Å². The zero-order chi connectivity index (χ0) is 26.0. The van der Waals surface area contributed by atoms with E-state index in [0.717, 1.165) is 0 Å². The molecular weight excluding hydrogens is 466 g/mol. The fourth-order valence-corrected chi connectivity index (χ4v) is 3.87. The second-order valence-corrected chi connectivity index (χ2v) is 8.49. The first kappa shape index (κ1) is 25.1. The highest BCUT2D eigenvalue weighted by Gasteiger charge is 2.47. The Morgan fingerprint density at radius 2 is 1.94 bits per heavy atom. The van der Waals surface area contributed by atoms with Gasteiger partial charge in [0.25, 0.3) is 11.8 Å². The zero-order valence-electron chi connectivity index (χ0n) is 20.0. The first-order valence-corrected chi connectivity index (χ1v) is 11.3. The molecule has 4 atom stereocenters. The second kappa shape index (κ2) is 10.3. The Balaban J connectivity index is 1.60. The van der Waals surface area contributed by atoms with Crippen molar-refractivity contribution in [2.75, 3.05) is 19.3 Å². The summed E-state index contributed by atoms with van der Waals surface area (Å²) in [4.78, 5) is 39.2. The van der Waals surface area contributed by atoms with Crippen molar-refractivity contribution in [3.63, 3.8) is 0 Å². The molecule has 0 saturated carbocycles. The summed E-state index contributed by atoms with van der Waals surface area (Å²) in [5.74, 6) is 5.16. The number of aliphatic hydroxyl groups excluding tert-OH is 2. The molecule has 1 aliphatic rings. The molecule has 1 fully saturated rings. The Bertz CT molecular complexity index is 1330. The van der Waals surface area contributed by atoms with Gasteiger partial charge in [0.2, 0.25) is 5.82 Å². The topological polar surface area (TPSA) is 169 Å². The molecule has 3 heterocycles. The second-order valence-electron chi connectivity index (χ2n) is 8.49. The molecule has 0 spiro atoms. The van der Waals surface area contributed by atoms with Gasteiger partial charge in [0, 0.05) is 18.7 Å². The number of nitrogen functional groups attached to an aromatic ring is 1. The number of ether oxygens (including phenoxy) is 1. The number of carbonyl (C=O) groups excluding carboxylic acids is 2. The van der Waals surface area contributed by atoms with E-state index in [2.05, 4.69) is 32.1 Å². The van der Waals surface area contributed by atoms with E-state index < -0.39 is 30.4 Å². The average Bonchev–Trinajstić information content (AvgIpc) is 3.42. The first-order valence-electron chi connectivity index (χ1n) is 11.3. The highest BCUT2D eigenvalue weighted by Crippen LogP contribution is 2.32. The van der Waals surface area contributed by atoms with E-state index in [0.29, 0.717) is 5.56 Å². The molecule has 1 unspecified atom stereocenters. The molecule has 188 valence electrons. The fraction of sp³-hybridized carbons (Fsp3) is 0.375. The summed E-state index contributed by atoms with van der Waals surface area (Å²) in [5.41, 5.74) is 7.07. The van der Waals surface area contributed by atoms with E-state index in [-0.39, 0.29) is 41.3 Å². The number of benzene rings is 1. The summed E-state index contributed by atoms with van der Waals surface area (Å²) in [6.07, 6.45) is -3.94. The molecule has 1 saturated heterocycles. The van der Waals surface area contributed by atoms with Crippen LogP contribution in [0.4, 0.5) is 5.82 Å². The van der Waals surface area contributed by atoms with E-state index >= 15 is 0 Å². The lowest BCUT2D eigenvalue weighted by Crippen LogP contribution is -2.41. The molecule has 1 aliphatic heterocycles. The number of aliphatic hydroxyl groups is 2. The summed E-state index contributed by atoms with van der Waals surface area (Å²) in [5, 5.41) is 23.2. The number of nitrogens with one attached hydrogen (secondary N) is 1. The van der Waals surface area contributed by atoms with Gasteiger partial charge < -0.3 is 30.9 Å². The number of nitrogens with zero attached hydrogens (tertiary/aromatic N) is 5. The van der Waals surface area contributed by atoms with Gasteiger partial charge in [-0.05, 0) is 31.9 Å². The molecule has 4 rings (SSSR count). The monoisotopic (exact) mass is 493 g/mol. The number of amides is 2. The smallest absolute Gasteiger partial charge is 0.254 e. The fourth-order valence-electron chi connectivity index (χ4n) is 3.87. The molecule has 0 bridgehead atoms. The van der Waals surface area contributed by atoms with Gasteiger partial charge in [-0.2, -0.15) is 0 Å². The number of hydrogen-bond acceptors (Lipinski definition) is 9. The predicted octanol–water partition coefficient (Wildman–Crippen LogP) is -0.324. The Kier molecular flexibility index (Phi) is 7.16. The van der Waals surface area contributed by atoms with Gasteiger partial charge in [-0.3, -0.25) is 14.2 Å². The van der Waals surface area contributed by atoms with Crippen LogP contribution in [0.25, 0.3) is 11.2 Å². The van der Waals surface area contributed by atoms with Gasteiger partial charge in [-0.1, -0.05) is 24.1 Å². The summed E-state index contributed by atoms with van der Waals surface area (Å²) in [6, 6.07) is 8.83. The van der Waals surface area contributed by atoms with E-state index in [1.807, 2.05) is 19.9 Å². The number of anilines is 1. The van der Waals surface area contributed by atoms with Crippen molar-refractivity contribution in [3.8, 4) is 11.8 Å². The van der Waals surface area contributed by atoms with Crippen LogP contribution in [-0.2, 0) is 9.53 Å². The van der Waals surface area contributed by atoms with Crippen molar-refractivity contribution in [2.45, 2.75) is 44.4 Å². The number of carbonyl (C=O) groups is 2. The quantitative estimate of drug-likeness (QED) is 0.348. The number of aromatic nitrogens is 4. The van der Waals surface area contributed by atoms with Crippen LogP contribution in [0, 0.1) is 11.8 Å². The van der Waals surface area contributed by atoms with Crippen LogP contribution >= 0.6 is 0 Å². The van der Waals surface area contributed by atoms with Gasteiger partial charge in [0.1, 0.15) is 17.7 Å². The molecule has 12 heteroatoms. The van der Waals surface area contributed by atoms with Crippen LogP contribution < -0.4 is 11.1 Å². The Hall–Kier alpha value is -4.05.